The maximum absolute atomic E-state index is 12.8. The van der Waals surface area contributed by atoms with Crippen molar-refractivity contribution in [3.8, 4) is 5.69 Å². The quantitative estimate of drug-likeness (QED) is 0.267. The van der Waals surface area contributed by atoms with Crippen LogP contribution in [0.2, 0.25) is 0 Å². The largest absolute Gasteiger partial charge is 0.283 e. The van der Waals surface area contributed by atoms with Crippen molar-refractivity contribution < 1.29 is 0 Å². The standard InChI is InChI=1S/C23H22N4OS/c1-4-13-26-22(28)20-7-5-6-8-21(20)24-23(26)29-15-18-9-11-19(12-10-18)27-17(3)14-16(2)25-27/h4-12,14H,1,13,15H2,2-3H3. The summed E-state index contributed by atoms with van der Waals surface area (Å²) < 4.78 is 3.63. The Kier molecular flexibility index (Phi) is 5.36. The van der Waals surface area contributed by atoms with Crippen molar-refractivity contribution in [1.29, 1.82) is 0 Å². The Hall–Kier alpha value is -3.12. The first-order chi connectivity index (χ1) is 14.1. The molecule has 146 valence electrons. The number of benzene rings is 2. The first-order valence-corrected chi connectivity index (χ1v) is 10.4. The number of hydrogen-bond donors (Lipinski definition) is 0. The molecule has 29 heavy (non-hydrogen) atoms. The fourth-order valence-corrected chi connectivity index (χ4v) is 4.28. The third-order valence-corrected chi connectivity index (χ3v) is 5.74. The van der Waals surface area contributed by atoms with Gasteiger partial charge < -0.3 is 0 Å². The van der Waals surface area contributed by atoms with Gasteiger partial charge in [-0.15, -0.1) is 6.58 Å². The molecule has 0 radical (unpaired) electrons. The number of aromatic nitrogens is 4. The molecule has 6 heteroatoms. The summed E-state index contributed by atoms with van der Waals surface area (Å²) in [7, 11) is 0. The number of rotatable bonds is 6. The van der Waals surface area contributed by atoms with E-state index in [0.717, 1.165) is 33.9 Å². The van der Waals surface area contributed by atoms with E-state index in [0.29, 0.717) is 17.1 Å². The Morgan fingerprint density at radius 3 is 2.55 bits per heavy atom. The number of nitrogens with zero attached hydrogens (tertiary/aromatic N) is 4. The number of thioether (sulfide) groups is 1. The van der Waals surface area contributed by atoms with Gasteiger partial charge in [-0.3, -0.25) is 9.36 Å². The smallest absolute Gasteiger partial charge is 0.262 e. The topological polar surface area (TPSA) is 52.7 Å². The molecular formula is C23H22N4OS. The fourth-order valence-electron chi connectivity index (χ4n) is 3.32. The molecular weight excluding hydrogens is 380 g/mol. The molecule has 0 atom stereocenters. The Morgan fingerprint density at radius 1 is 1.10 bits per heavy atom. The van der Waals surface area contributed by atoms with Crippen LogP contribution in [0.5, 0.6) is 0 Å². The lowest BCUT2D eigenvalue weighted by atomic mass is 10.2. The SMILES string of the molecule is C=CCn1c(SCc2ccc(-n3nc(C)cc3C)cc2)nc2ccccc2c1=O. The predicted molar refractivity (Wildman–Crippen MR) is 119 cm³/mol. The summed E-state index contributed by atoms with van der Waals surface area (Å²) in [5, 5.41) is 5.87. The van der Waals surface area contributed by atoms with Gasteiger partial charge in [0, 0.05) is 18.0 Å². The van der Waals surface area contributed by atoms with Crippen LogP contribution in [0.3, 0.4) is 0 Å². The summed E-state index contributed by atoms with van der Waals surface area (Å²) in [6.07, 6.45) is 1.73. The molecule has 0 aliphatic carbocycles. The van der Waals surface area contributed by atoms with E-state index in [1.165, 1.54) is 0 Å². The highest BCUT2D eigenvalue weighted by molar-refractivity contribution is 7.98. The molecule has 2 aromatic carbocycles. The minimum atomic E-state index is -0.0297. The van der Waals surface area contributed by atoms with Crippen LogP contribution in [-0.4, -0.2) is 19.3 Å². The zero-order chi connectivity index (χ0) is 20.4. The predicted octanol–water partition coefficient (Wildman–Crippen LogP) is 4.68. The van der Waals surface area contributed by atoms with Gasteiger partial charge >= 0.3 is 0 Å². The van der Waals surface area contributed by atoms with E-state index in [4.69, 9.17) is 4.98 Å². The number of aryl methyl sites for hydroxylation is 2. The molecule has 0 bridgehead atoms. The third kappa shape index (κ3) is 3.89. The fraction of sp³-hybridized carbons (Fsp3) is 0.174. The second kappa shape index (κ2) is 8.09. The number of fused-ring (bicyclic) bond motifs is 1. The number of para-hydroxylation sites is 1. The Labute approximate surface area is 173 Å². The van der Waals surface area contributed by atoms with Crippen molar-refractivity contribution in [3.63, 3.8) is 0 Å². The molecule has 0 unspecified atom stereocenters. The van der Waals surface area contributed by atoms with Gasteiger partial charge in [-0.2, -0.15) is 5.10 Å². The number of allylic oxidation sites excluding steroid dienone is 1. The van der Waals surface area contributed by atoms with Crippen LogP contribution < -0.4 is 5.56 Å². The zero-order valence-corrected chi connectivity index (χ0v) is 17.3. The van der Waals surface area contributed by atoms with E-state index in [9.17, 15) is 4.79 Å². The van der Waals surface area contributed by atoms with Crippen LogP contribution in [0.15, 0.2) is 77.2 Å². The number of hydrogen-bond acceptors (Lipinski definition) is 4. The van der Waals surface area contributed by atoms with Gasteiger partial charge in [-0.05, 0) is 49.7 Å². The van der Waals surface area contributed by atoms with Crippen molar-refractivity contribution in [1.82, 2.24) is 19.3 Å². The van der Waals surface area contributed by atoms with E-state index in [2.05, 4.69) is 42.0 Å². The second-order valence-electron chi connectivity index (χ2n) is 6.91. The molecule has 0 spiro atoms. The molecule has 0 aliphatic heterocycles. The first kappa shape index (κ1) is 19.2. The van der Waals surface area contributed by atoms with Crippen molar-refractivity contribution in [2.75, 3.05) is 0 Å². The molecule has 0 aliphatic rings. The molecule has 0 saturated carbocycles. The molecule has 4 aromatic rings. The maximum Gasteiger partial charge on any atom is 0.262 e. The minimum Gasteiger partial charge on any atom is -0.283 e. The molecule has 0 N–H and O–H groups in total. The van der Waals surface area contributed by atoms with Crippen LogP contribution in [0.1, 0.15) is 17.0 Å². The van der Waals surface area contributed by atoms with Crippen LogP contribution in [-0.2, 0) is 12.3 Å². The van der Waals surface area contributed by atoms with Crippen LogP contribution in [0, 0.1) is 13.8 Å². The van der Waals surface area contributed by atoms with Gasteiger partial charge in [-0.1, -0.05) is 42.1 Å². The molecule has 2 aromatic heterocycles. The van der Waals surface area contributed by atoms with Gasteiger partial charge in [0.1, 0.15) is 0 Å². The van der Waals surface area contributed by atoms with E-state index in [1.54, 1.807) is 22.4 Å². The maximum atomic E-state index is 12.8. The lowest BCUT2D eigenvalue weighted by molar-refractivity contribution is 0.671. The molecule has 0 amide bonds. The van der Waals surface area contributed by atoms with Gasteiger partial charge in [-0.25, -0.2) is 9.67 Å². The van der Waals surface area contributed by atoms with Crippen LogP contribution in [0.4, 0.5) is 0 Å². The lowest BCUT2D eigenvalue weighted by Crippen LogP contribution is -2.22. The monoisotopic (exact) mass is 402 g/mol. The summed E-state index contributed by atoms with van der Waals surface area (Å²) in [5.41, 5.74) is 5.01. The molecule has 0 saturated heterocycles. The summed E-state index contributed by atoms with van der Waals surface area (Å²) in [6, 6.07) is 17.8. The Morgan fingerprint density at radius 2 is 1.86 bits per heavy atom. The van der Waals surface area contributed by atoms with E-state index in [1.807, 2.05) is 42.8 Å². The van der Waals surface area contributed by atoms with Gasteiger partial charge in [0.05, 0.1) is 22.3 Å². The normalized spacial score (nSPS) is 11.1. The Balaban J connectivity index is 1.59. The van der Waals surface area contributed by atoms with Crippen molar-refractivity contribution in [2.45, 2.75) is 31.3 Å². The summed E-state index contributed by atoms with van der Waals surface area (Å²) in [6.45, 7) is 8.26. The van der Waals surface area contributed by atoms with E-state index in [-0.39, 0.29) is 5.56 Å². The van der Waals surface area contributed by atoms with Crippen LogP contribution >= 0.6 is 11.8 Å². The van der Waals surface area contributed by atoms with Gasteiger partial charge in [0.25, 0.3) is 5.56 Å². The third-order valence-electron chi connectivity index (χ3n) is 4.70. The average molecular weight is 403 g/mol. The van der Waals surface area contributed by atoms with Gasteiger partial charge in [0.2, 0.25) is 0 Å². The highest BCUT2D eigenvalue weighted by Gasteiger charge is 2.11. The highest BCUT2D eigenvalue weighted by atomic mass is 32.2. The lowest BCUT2D eigenvalue weighted by Gasteiger charge is -2.11. The van der Waals surface area contributed by atoms with Crippen molar-refractivity contribution in [2.24, 2.45) is 0 Å². The Bertz CT molecular complexity index is 1240. The molecule has 0 fully saturated rings. The van der Waals surface area contributed by atoms with Crippen LogP contribution in [0.25, 0.3) is 16.6 Å². The average Bonchev–Trinajstić information content (AvgIpc) is 3.07. The summed E-state index contributed by atoms with van der Waals surface area (Å²) in [4.78, 5) is 17.6. The minimum absolute atomic E-state index is 0.0297. The van der Waals surface area contributed by atoms with E-state index < -0.39 is 0 Å². The van der Waals surface area contributed by atoms with E-state index >= 15 is 0 Å². The highest BCUT2D eigenvalue weighted by Crippen LogP contribution is 2.23. The second-order valence-corrected chi connectivity index (χ2v) is 7.85. The first-order valence-electron chi connectivity index (χ1n) is 9.42. The van der Waals surface area contributed by atoms with Crippen molar-refractivity contribution in [3.05, 3.63) is 94.6 Å². The molecule has 5 nitrogen and oxygen atoms in total. The van der Waals surface area contributed by atoms with Crippen molar-refractivity contribution >= 4 is 22.7 Å². The van der Waals surface area contributed by atoms with Gasteiger partial charge in [0.15, 0.2) is 5.16 Å². The zero-order valence-electron chi connectivity index (χ0n) is 16.5. The summed E-state index contributed by atoms with van der Waals surface area (Å²) in [5.74, 6) is 0.722. The molecule has 2 heterocycles. The summed E-state index contributed by atoms with van der Waals surface area (Å²) >= 11 is 1.56. The molecule has 4 rings (SSSR count).